The molecular weight excluding hydrogens is 408 g/mol. The van der Waals surface area contributed by atoms with E-state index in [0.717, 1.165) is 18.4 Å². The van der Waals surface area contributed by atoms with Crippen LogP contribution in [0.5, 0.6) is 0 Å². The highest BCUT2D eigenvalue weighted by atomic mass is 32.2. The Labute approximate surface area is 184 Å². The molecule has 0 spiro atoms. The highest BCUT2D eigenvalue weighted by Crippen LogP contribution is 2.26. The van der Waals surface area contributed by atoms with E-state index in [4.69, 9.17) is 0 Å². The van der Waals surface area contributed by atoms with Gasteiger partial charge in [-0.2, -0.15) is 0 Å². The van der Waals surface area contributed by atoms with E-state index in [9.17, 15) is 13.2 Å². The number of hydrogen-bond acceptors (Lipinski definition) is 3. The number of sulfonamides is 1. The van der Waals surface area contributed by atoms with Gasteiger partial charge < -0.3 is 5.32 Å². The van der Waals surface area contributed by atoms with Gasteiger partial charge in [-0.3, -0.25) is 9.10 Å². The maximum absolute atomic E-state index is 13.0. The topological polar surface area (TPSA) is 66.5 Å². The van der Waals surface area contributed by atoms with Crippen LogP contribution in [0.25, 0.3) is 0 Å². The number of nitrogens with zero attached hydrogens (tertiary/aromatic N) is 1. The van der Waals surface area contributed by atoms with Gasteiger partial charge in [-0.1, -0.05) is 54.6 Å². The number of carbonyl (C=O) groups excluding carboxylic acids is 1. The third kappa shape index (κ3) is 5.52. The van der Waals surface area contributed by atoms with Gasteiger partial charge in [0.05, 0.1) is 10.6 Å². The highest BCUT2D eigenvalue weighted by Gasteiger charge is 2.23. The van der Waals surface area contributed by atoms with E-state index in [0.29, 0.717) is 11.3 Å². The lowest BCUT2D eigenvalue weighted by molar-refractivity contribution is 0.0938. The van der Waals surface area contributed by atoms with Crippen molar-refractivity contribution in [3.63, 3.8) is 0 Å². The summed E-state index contributed by atoms with van der Waals surface area (Å²) in [6.07, 6.45) is 1.69. The molecule has 6 heteroatoms. The fourth-order valence-electron chi connectivity index (χ4n) is 3.38. The SMILES string of the molecule is Cc1ccc(C(=O)N[C@@H](C)CCc2ccccc2)cc1N(C)S(=O)(=O)c1ccccc1. The summed E-state index contributed by atoms with van der Waals surface area (Å²) in [7, 11) is -2.21. The van der Waals surface area contributed by atoms with Gasteiger partial charge in [-0.25, -0.2) is 8.42 Å². The van der Waals surface area contributed by atoms with Crippen LogP contribution < -0.4 is 9.62 Å². The van der Waals surface area contributed by atoms with Crippen LogP contribution in [0.1, 0.15) is 34.8 Å². The third-order valence-electron chi connectivity index (χ3n) is 5.30. The molecule has 1 amide bonds. The molecule has 3 aromatic carbocycles. The molecular formula is C25H28N2O3S. The maximum atomic E-state index is 13.0. The molecule has 5 nitrogen and oxygen atoms in total. The van der Waals surface area contributed by atoms with E-state index in [1.165, 1.54) is 16.9 Å². The molecule has 0 bridgehead atoms. The molecule has 3 aromatic rings. The molecule has 31 heavy (non-hydrogen) atoms. The average molecular weight is 437 g/mol. The van der Waals surface area contributed by atoms with Crippen LogP contribution in [0.15, 0.2) is 83.8 Å². The van der Waals surface area contributed by atoms with Crippen LogP contribution in [0.4, 0.5) is 5.69 Å². The Hall–Kier alpha value is -3.12. The van der Waals surface area contributed by atoms with Gasteiger partial charge in [-0.05, 0) is 62.1 Å². The van der Waals surface area contributed by atoms with Crippen molar-refractivity contribution in [3.05, 3.63) is 95.6 Å². The number of benzene rings is 3. The average Bonchev–Trinajstić information content (AvgIpc) is 2.78. The zero-order valence-electron chi connectivity index (χ0n) is 18.1. The zero-order chi connectivity index (χ0) is 22.4. The number of rotatable bonds is 8. The second kappa shape index (κ2) is 9.79. The minimum absolute atomic E-state index is 0.0109. The van der Waals surface area contributed by atoms with Crippen molar-refractivity contribution >= 4 is 21.6 Å². The molecule has 162 valence electrons. The van der Waals surface area contributed by atoms with Crippen molar-refractivity contribution < 1.29 is 13.2 Å². The van der Waals surface area contributed by atoms with E-state index in [-0.39, 0.29) is 16.8 Å². The van der Waals surface area contributed by atoms with E-state index in [1.54, 1.807) is 48.5 Å². The predicted octanol–water partition coefficient (Wildman–Crippen LogP) is 4.57. The Kier molecular flexibility index (Phi) is 7.13. The first-order valence-electron chi connectivity index (χ1n) is 10.3. The molecule has 0 aliphatic carbocycles. The van der Waals surface area contributed by atoms with Crippen molar-refractivity contribution in [1.29, 1.82) is 0 Å². The summed E-state index contributed by atoms with van der Waals surface area (Å²) in [6, 6.07) is 23.5. The van der Waals surface area contributed by atoms with Gasteiger partial charge in [0.25, 0.3) is 15.9 Å². The quantitative estimate of drug-likeness (QED) is 0.562. The Balaban J connectivity index is 1.73. The fraction of sp³-hybridized carbons (Fsp3) is 0.240. The van der Waals surface area contributed by atoms with Gasteiger partial charge in [0.2, 0.25) is 0 Å². The summed E-state index contributed by atoms with van der Waals surface area (Å²) in [5.74, 6) is -0.215. The van der Waals surface area contributed by atoms with Crippen molar-refractivity contribution in [1.82, 2.24) is 5.32 Å². The standard InChI is InChI=1S/C25H28N2O3S/c1-19-14-17-22(25(28)26-20(2)15-16-21-10-6-4-7-11-21)18-24(19)27(3)31(29,30)23-12-8-5-9-13-23/h4-14,17-18,20H,15-16H2,1-3H3,(H,26,28)/t20-/m0/s1. The van der Waals surface area contributed by atoms with Crippen LogP contribution in [-0.2, 0) is 16.4 Å². The predicted molar refractivity (Wildman–Crippen MR) is 125 cm³/mol. The van der Waals surface area contributed by atoms with Gasteiger partial charge in [0.15, 0.2) is 0 Å². The minimum atomic E-state index is -3.72. The minimum Gasteiger partial charge on any atom is -0.350 e. The van der Waals surface area contributed by atoms with Crippen LogP contribution in [0.3, 0.4) is 0 Å². The van der Waals surface area contributed by atoms with Crippen LogP contribution >= 0.6 is 0 Å². The lowest BCUT2D eigenvalue weighted by atomic mass is 10.1. The van der Waals surface area contributed by atoms with E-state index in [1.807, 2.05) is 32.0 Å². The molecule has 0 fully saturated rings. The molecule has 0 saturated carbocycles. The van der Waals surface area contributed by atoms with E-state index >= 15 is 0 Å². The second-order valence-corrected chi connectivity index (χ2v) is 9.65. The van der Waals surface area contributed by atoms with Crippen LogP contribution in [-0.4, -0.2) is 27.4 Å². The number of anilines is 1. The zero-order valence-corrected chi connectivity index (χ0v) is 18.9. The van der Waals surface area contributed by atoms with Crippen molar-refractivity contribution in [2.24, 2.45) is 0 Å². The van der Waals surface area contributed by atoms with Crippen LogP contribution in [0.2, 0.25) is 0 Å². The van der Waals surface area contributed by atoms with E-state index < -0.39 is 10.0 Å². The number of carbonyl (C=O) groups is 1. The molecule has 0 radical (unpaired) electrons. The Bertz CT molecular complexity index is 1130. The van der Waals surface area contributed by atoms with Crippen molar-refractivity contribution in [2.45, 2.75) is 37.6 Å². The van der Waals surface area contributed by atoms with Gasteiger partial charge >= 0.3 is 0 Å². The molecule has 0 heterocycles. The van der Waals surface area contributed by atoms with Crippen molar-refractivity contribution in [3.8, 4) is 0 Å². The highest BCUT2D eigenvalue weighted by molar-refractivity contribution is 7.92. The Morgan fingerprint density at radius 1 is 0.968 bits per heavy atom. The summed E-state index contributed by atoms with van der Waals surface area (Å²) in [4.78, 5) is 13.0. The summed E-state index contributed by atoms with van der Waals surface area (Å²) < 4.78 is 27.2. The first kappa shape index (κ1) is 22.6. The second-order valence-electron chi connectivity index (χ2n) is 7.69. The van der Waals surface area contributed by atoms with E-state index in [2.05, 4.69) is 17.4 Å². The largest absolute Gasteiger partial charge is 0.350 e. The number of aryl methyl sites for hydroxylation is 2. The van der Waals surface area contributed by atoms with Gasteiger partial charge in [-0.15, -0.1) is 0 Å². The molecule has 0 aromatic heterocycles. The first-order chi connectivity index (χ1) is 14.8. The monoisotopic (exact) mass is 436 g/mol. The van der Waals surface area contributed by atoms with Crippen LogP contribution in [0, 0.1) is 6.92 Å². The number of amides is 1. The molecule has 0 aliphatic heterocycles. The molecule has 0 aliphatic rings. The third-order valence-corrected chi connectivity index (χ3v) is 7.08. The van der Waals surface area contributed by atoms with Gasteiger partial charge in [0, 0.05) is 18.7 Å². The normalized spacial score (nSPS) is 12.2. The molecule has 1 N–H and O–H groups in total. The summed E-state index contributed by atoms with van der Waals surface area (Å²) in [6.45, 7) is 3.80. The summed E-state index contributed by atoms with van der Waals surface area (Å²) in [5.41, 5.74) is 2.92. The molecule has 0 saturated heterocycles. The Morgan fingerprint density at radius 3 is 2.23 bits per heavy atom. The molecule has 1 atom stereocenters. The summed E-state index contributed by atoms with van der Waals surface area (Å²) in [5, 5.41) is 3.02. The smallest absolute Gasteiger partial charge is 0.264 e. The number of hydrogen-bond donors (Lipinski definition) is 1. The fourth-order valence-corrected chi connectivity index (χ4v) is 4.65. The molecule has 3 rings (SSSR count). The lowest BCUT2D eigenvalue weighted by Crippen LogP contribution is -2.33. The van der Waals surface area contributed by atoms with Gasteiger partial charge in [0.1, 0.15) is 0 Å². The molecule has 0 unspecified atom stereocenters. The lowest BCUT2D eigenvalue weighted by Gasteiger charge is -2.22. The van der Waals surface area contributed by atoms with Crippen molar-refractivity contribution in [2.75, 3.05) is 11.4 Å². The number of nitrogens with one attached hydrogen (secondary N) is 1. The maximum Gasteiger partial charge on any atom is 0.264 e. The summed E-state index contributed by atoms with van der Waals surface area (Å²) >= 11 is 0. The first-order valence-corrected chi connectivity index (χ1v) is 11.7. The Morgan fingerprint density at radius 2 is 1.58 bits per heavy atom.